The van der Waals surface area contributed by atoms with Gasteiger partial charge in [-0.05, 0) is 37.1 Å². The van der Waals surface area contributed by atoms with E-state index in [-0.39, 0.29) is 24.7 Å². The van der Waals surface area contributed by atoms with Crippen molar-refractivity contribution in [2.45, 2.75) is 63.3 Å². The van der Waals surface area contributed by atoms with E-state index >= 15 is 0 Å². The van der Waals surface area contributed by atoms with Crippen LogP contribution < -0.4 is 9.47 Å². The number of para-hydroxylation sites is 2. The molecule has 0 spiro atoms. The predicted octanol–water partition coefficient (Wildman–Crippen LogP) is 1.96. The van der Waals surface area contributed by atoms with Gasteiger partial charge in [-0.1, -0.05) is 50.2 Å². The third kappa shape index (κ3) is 16.3. The molecule has 206 valence electrons. The van der Waals surface area contributed by atoms with Crippen LogP contribution in [0.15, 0.2) is 60.7 Å². The molecule has 0 fully saturated rings. The van der Waals surface area contributed by atoms with E-state index < -0.39 is 36.6 Å². The summed E-state index contributed by atoms with van der Waals surface area (Å²) in [6.07, 6.45) is -3.27. The molecule has 0 amide bonds. The first-order valence-electron chi connectivity index (χ1n) is 11.9. The molecule has 8 nitrogen and oxygen atoms in total. The van der Waals surface area contributed by atoms with Crippen molar-refractivity contribution in [2.24, 2.45) is 0 Å². The molecule has 36 heavy (non-hydrogen) atoms. The summed E-state index contributed by atoms with van der Waals surface area (Å²) < 4.78 is 10.8. The fraction of sp³-hybridized carbons (Fsp3) is 0.538. The molecule has 0 aromatic heterocycles. The fourth-order valence-electron chi connectivity index (χ4n) is 2.41. The van der Waals surface area contributed by atoms with E-state index in [4.69, 9.17) is 29.9 Å². The zero-order valence-corrected chi connectivity index (χ0v) is 22.7. The molecule has 0 saturated heterocycles. The molecule has 2 aromatic rings. The van der Waals surface area contributed by atoms with Crippen LogP contribution in [0.25, 0.3) is 0 Å². The van der Waals surface area contributed by atoms with Crippen molar-refractivity contribution in [1.82, 2.24) is 0 Å². The molecular weight excluding hydrogens is 504 g/mol. The van der Waals surface area contributed by atoms with E-state index in [0.717, 1.165) is 0 Å². The Morgan fingerprint density at radius 2 is 0.833 bits per heavy atom. The van der Waals surface area contributed by atoms with Gasteiger partial charge in [-0.2, -0.15) is 25.3 Å². The van der Waals surface area contributed by atoms with E-state index in [1.165, 1.54) is 0 Å². The molecule has 2 aromatic carbocycles. The summed E-state index contributed by atoms with van der Waals surface area (Å²) in [5, 5.41) is 54.9. The highest BCUT2D eigenvalue weighted by molar-refractivity contribution is 7.80. The van der Waals surface area contributed by atoms with Crippen molar-refractivity contribution >= 4 is 25.3 Å². The molecule has 0 radical (unpaired) electrons. The third-order valence-corrected chi connectivity index (χ3v) is 5.62. The van der Waals surface area contributed by atoms with Crippen LogP contribution in [0.5, 0.6) is 11.5 Å². The van der Waals surface area contributed by atoms with E-state index in [9.17, 15) is 10.2 Å². The van der Waals surface area contributed by atoms with E-state index in [1.54, 1.807) is 24.3 Å². The van der Waals surface area contributed by atoms with Crippen molar-refractivity contribution in [1.29, 1.82) is 0 Å². The molecular formula is C26H42O8S2. The molecule has 6 N–H and O–H groups in total. The van der Waals surface area contributed by atoms with Crippen molar-refractivity contribution in [3.63, 3.8) is 0 Å². The number of ether oxygens (including phenoxy) is 2. The van der Waals surface area contributed by atoms with Gasteiger partial charge in [-0.25, -0.2) is 0 Å². The second-order valence-corrected chi connectivity index (χ2v) is 8.56. The summed E-state index contributed by atoms with van der Waals surface area (Å²) in [6.45, 7) is 3.74. The van der Waals surface area contributed by atoms with Gasteiger partial charge in [0, 0.05) is 11.5 Å². The van der Waals surface area contributed by atoms with Crippen LogP contribution in [0.1, 0.15) is 26.7 Å². The van der Waals surface area contributed by atoms with Crippen LogP contribution in [-0.4, -0.2) is 92.0 Å². The smallest absolute Gasteiger partial charge is 0.119 e. The van der Waals surface area contributed by atoms with Crippen molar-refractivity contribution < 1.29 is 40.1 Å². The summed E-state index contributed by atoms with van der Waals surface area (Å²) in [6, 6.07) is 18.3. The Balaban J connectivity index is 0.000000634. The van der Waals surface area contributed by atoms with Crippen molar-refractivity contribution in [3.8, 4) is 11.5 Å². The predicted molar refractivity (Wildman–Crippen MR) is 148 cm³/mol. The Morgan fingerprint density at radius 3 is 1.08 bits per heavy atom. The summed E-state index contributed by atoms with van der Waals surface area (Å²) in [5.41, 5.74) is 0. The van der Waals surface area contributed by atoms with Crippen LogP contribution in [0.2, 0.25) is 0 Å². The first-order chi connectivity index (χ1) is 17.2. The lowest BCUT2D eigenvalue weighted by atomic mass is 10.1. The molecule has 1 unspecified atom stereocenters. The molecule has 0 saturated carbocycles. The van der Waals surface area contributed by atoms with Crippen molar-refractivity contribution in [2.75, 3.05) is 24.7 Å². The lowest BCUT2D eigenvalue weighted by Crippen LogP contribution is -2.36. The quantitative estimate of drug-likeness (QED) is 0.178. The second-order valence-electron chi connectivity index (χ2n) is 7.83. The van der Waals surface area contributed by atoms with Gasteiger partial charge < -0.3 is 40.1 Å². The van der Waals surface area contributed by atoms with Gasteiger partial charge in [-0.15, -0.1) is 0 Å². The Bertz CT molecular complexity index is 662. The molecule has 0 heterocycles. The highest BCUT2D eigenvalue weighted by atomic mass is 32.1. The zero-order valence-electron chi connectivity index (χ0n) is 20.9. The maximum Gasteiger partial charge on any atom is 0.119 e. The standard InChI is InChI=1S/C16H18O4.C6H14O2.C4H10O2S2/c17-15(11-19-13-7-3-1-4-8-13)16(18)12-20-14-9-5-2-6-10-14;1-3-5(7)6(8)4-2;5-3(1-7)4(6)2-8/h1-10,15-18H,11-12H2;5-8H,3-4H2,1-2H3;3-8H,1-2H2/t15-,16?;5-,6-;3-,4-/m000/s1. The Labute approximate surface area is 225 Å². The van der Waals surface area contributed by atoms with Gasteiger partial charge in [-0.3, -0.25) is 0 Å². The highest BCUT2D eigenvalue weighted by Crippen LogP contribution is 2.11. The van der Waals surface area contributed by atoms with E-state index in [0.29, 0.717) is 24.3 Å². The minimum absolute atomic E-state index is 0.0172. The Hall–Kier alpha value is -1.50. The Morgan fingerprint density at radius 1 is 0.528 bits per heavy atom. The average Bonchev–Trinajstić information content (AvgIpc) is 2.94. The number of aliphatic hydroxyl groups is 6. The molecule has 10 heteroatoms. The van der Waals surface area contributed by atoms with E-state index in [1.807, 2.05) is 50.2 Å². The lowest BCUT2D eigenvalue weighted by Gasteiger charge is -2.18. The van der Waals surface area contributed by atoms with E-state index in [2.05, 4.69) is 25.3 Å². The van der Waals surface area contributed by atoms with Gasteiger partial charge in [0.25, 0.3) is 0 Å². The Kier molecular flexibility index (Phi) is 20.7. The highest BCUT2D eigenvalue weighted by Gasteiger charge is 2.18. The van der Waals surface area contributed by atoms with Crippen LogP contribution >= 0.6 is 25.3 Å². The van der Waals surface area contributed by atoms with Gasteiger partial charge >= 0.3 is 0 Å². The maximum absolute atomic E-state index is 9.80. The molecule has 6 atom stereocenters. The minimum Gasteiger partial charge on any atom is -0.491 e. The molecule has 0 aliphatic rings. The van der Waals surface area contributed by atoms with Gasteiger partial charge in [0.2, 0.25) is 0 Å². The first kappa shape index (κ1) is 34.5. The minimum atomic E-state index is -1.00. The summed E-state index contributed by atoms with van der Waals surface area (Å²) >= 11 is 7.53. The fourth-order valence-corrected chi connectivity index (χ4v) is 2.89. The number of rotatable bonds is 13. The van der Waals surface area contributed by atoms with Gasteiger partial charge in [0.05, 0.1) is 24.4 Å². The first-order valence-corrected chi connectivity index (χ1v) is 13.1. The molecule has 0 bridgehead atoms. The SMILES string of the molecule is CC[C@H](O)[C@@H](O)CC.OC(COc1ccccc1)[C@@H](O)COc1ccccc1.O[C@@H](CS)[C@@H](O)CS. The number of thiol groups is 2. The molecule has 0 aliphatic carbocycles. The summed E-state index contributed by atoms with van der Waals surface area (Å²) in [7, 11) is 0. The summed E-state index contributed by atoms with van der Waals surface area (Å²) in [4.78, 5) is 0. The lowest BCUT2D eigenvalue weighted by molar-refractivity contribution is -0.0288. The third-order valence-electron chi connectivity index (χ3n) is 4.87. The van der Waals surface area contributed by atoms with Crippen molar-refractivity contribution in [3.05, 3.63) is 60.7 Å². The topological polar surface area (TPSA) is 140 Å². The second kappa shape index (κ2) is 21.6. The average molecular weight is 547 g/mol. The monoisotopic (exact) mass is 546 g/mol. The number of benzene rings is 2. The molecule has 0 aliphatic heterocycles. The zero-order chi connectivity index (χ0) is 27.3. The number of hydrogen-bond donors (Lipinski definition) is 8. The van der Waals surface area contributed by atoms with Gasteiger partial charge in [0.1, 0.15) is 36.9 Å². The maximum atomic E-state index is 9.80. The largest absolute Gasteiger partial charge is 0.491 e. The number of aliphatic hydroxyl groups excluding tert-OH is 6. The molecule has 2 rings (SSSR count). The van der Waals surface area contributed by atoms with Crippen LogP contribution in [0.3, 0.4) is 0 Å². The van der Waals surface area contributed by atoms with Crippen LogP contribution in [0.4, 0.5) is 0 Å². The van der Waals surface area contributed by atoms with Crippen LogP contribution in [-0.2, 0) is 0 Å². The van der Waals surface area contributed by atoms with Gasteiger partial charge in [0.15, 0.2) is 0 Å². The number of hydrogen-bond acceptors (Lipinski definition) is 10. The normalized spacial score (nSPS) is 15.5. The van der Waals surface area contributed by atoms with Crippen LogP contribution in [0, 0.1) is 0 Å². The summed E-state index contributed by atoms with van der Waals surface area (Å²) in [5.74, 6) is 1.87.